The Morgan fingerprint density at radius 1 is 1.14 bits per heavy atom. The fourth-order valence-electron chi connectivity index (χ4n) is 3.20. The van der Waals surface area contributed by atoms with Gasteiger partial charge in [0.2, 0.25) is 0 Å². The number of ether oxygens (including phenoxy) is 1. The maximum absolute atomic E-state index is 12.5. The van der Waals surface area contributed by atoms with E-state index in [0.29, 0.717) is 13.1 Å². The first-order valence-electron chi connectivity index (χ1n) is 9.25. The minimum atomic E-state index is -0.999. The summed E-state index contributed by atoms with van der Waals surface area (Å²) in [6, 6.07) is 14.5. The second kappa shape index (κ2) is 9.34. The number of benzene rings is 2. The summed E-state index contributed by atoms with van der Waals surface area (Å²) >= 11 is 0. The number of hydrogen-bond acceptors (Lipinski definition) is 5. The number of carbonyl (C=O) groups is 2. The van der Waals surface area contributed by atoms with Crippen molar-refractivity contribution >= 4 is 17.7 Å². The highest BCUT2D eigenvalue weighted by molar-refractivity contribution is 5.90. The molecule has 0 fully saturated rings. The van der Waals surface area contributed by atoms with E-state index in [2.05, 4.69) is 5.32 Å². The molecule has 0 radical (unpaired) electrons. The topological polar surface area (TPSA) is 99.1 Å². The van der Waals surface area contributed by atoms with E-state index in [1.807, 2.05) is 48.5 Å². The van der Waals surface area contributed by atoms with Crippen LogP contribution < -0.4 is 10.2 Å². The van der Waals surface area contributed by atoms with Crippen LogP contribution in [0.4, 0.5) is 10.5 Å². The molecule has 2 aromatic rings. The number of aliphatic hydroxyl groups excluding tert-OH is 1. The molecule has 7 heteroatoms. The van der Waals surface area contributed by atoms with Gasteiger partial charge in [-0.25, -0.2) is 4.79 Å². The molecule has 3 rings (SSSR count). The van der Waals surface area contributed by atoms with Gasteiger partial charge in [-0.05, 0) is 35.6 Å². The zero-order valence-electron chi connectivity index (χ0n) is 15.5. The second-order valence-electron chi connectivity index (χ2n) is 6.69. The number of aliphatic carboxylic acids is 1. The number of hydrogen-bond donors (Lipinski definition) is 3. The summed E-state index contributed by atoms with van der Waals surface area (Å²) in [5.41, 5.74) is 3.65. The highest BCUT2D eigenvalue weighted by atomic mass is 16.6. The molecule has 28 heavy (non-hydrogen) atoms. The van der Waals surface area contributed by atoms with Crippen LogP contribution in [-0.2, 0) is 29.1 Å². The fourth-order valence-corrected chi connectivity index (χ4v) is 3.20. The molecular formula is C21H24N2O5. The summed E-state index contributed by atoms with van der Waals surface area (Å²) in [4.78, 5) is 25.3. The Labute approximate surface area is 163 Å². The molecular weight excluding hydrogens is 360 g/mol. The molecule has 148 valence electrons. The Morgan fingerprint density at radius 3 is 2.64 bits per heavy atom. The van der Waals surface area contributed by atoms with Crippen molar-refractivity contribution in [1.29, 1.82) is 0 Å². The molecule has 0 aliphatic carbocycles. The molecule has 0 spiro atoms. The number of anilines is 1. The van der Waals surface area contributed by atoms with Crippen molar-refractivity contribution < 1.29 is 24.5 Å². The number of fused-ring (bicyclic) bond motifs is 1. The van der Waals surface area contributed by atoms with Crippen LogP contribution in [0.3, 0.4) is 0 Å². The van der Waals surface area contributed by atoms with Crippen molar-refractivity contribution in [3.05, 3.63) is 65.2 Å². The molecule has 1 heterocycles. The zero-order chi connectivity index (χ0) is 19.9. The highest BCUT2D eigenvalue weighted by Crippen LogP contribution is 2.30. The van der Waals surface area contributed by atoms with Crippen LogP contribution in [0.1, 0.15) is 23.1 Å². The number of amides is 1. The van der Waals surface area contributed by atoms with Gasteiger partial charge in [-0.1, -0.05) is 42.5 Å². The van der Waals surface area contributed by atoms with Crippen molar-refractivity contribution in [2.45, 2.75) is 32.0 Å². The van der Waals surface area contributed by atoms with Crippen LogP contribution in [0.15, 0.2) is 48.5 Å². The Bertz CT molecular complexity index is 825. The van der Waals surface area contributed by atoms with Gasteiger partial charge < -0.3 is 20.3 Å². The third-order valence-corrected chi connectivity index (χ3v) is 4.74. The van der Waals surface area contributed by atoms with Gasteiger partial charge in [0.05, 0.1) is 5.69 Å². The van der Waals surface area contributed by atoms with Gasteiger partial charge in [0.15, 0.2) is 0 Å². The number of carboxylic acids is 1. The first-order chi connectivity index (χ1) is 13.6. The zero-order valence-corrected chi connectivity index (χ0v) is 15.5. The minimum Gasteiger partial charge on any atom is -0.480 e. The molecule has 1 aliphatic heterocycles. The summed E-state index contributed by atoms with van der Waals surface area (Å²) in [7, 11) is 0. The molecule has 3 N–H and O–H groups in total. The third-order valence-electron chi connectivity index (χ3n) is 4.74. The van der Waals surface area contributed by atoms with Crippen molar-refractivity contribution in [1.82, 2.24) is 5.32 Å². The van der Waals surface area contributed by atoms with Gasteiger partial charge in [-0.3, -0.25) is 9.69 Å². The molecule has 1 atom stereocenters. The number of aliphatic hydroxyl groups is 1. The lowest BCUT2D eigenvalue weighted by molar-refractivity contribution is -0.139. The Morgan fingerprint density at radius 2 is 1.93 bits per heavy atom. The fraction of sp³-hybridized carbons (Fsp3) is 0.333. The van der Waals surface area contributed by atoms with E-state index in [1.165, 1.54) is 0 Å². The number of nitrogens with zero attached hydrogens (tertiary/aromatic N) is 1. The molecule has 0 bridgehead atoms. The number of nitrogens with one attached hydrogen (secondary N) is 1. The minimum absolute atomic E-state index is 0.137. The largest absolute Gasteiger partial charge is 0.480 e. The lowest BCUT2D eigenvalue weighted by Gasteiger charge is -2.18. The Balaban J connectivity index is 1.63. The third kappa shape index (κ3) is 4.88. The van der Waals surface area contributed by atoms with E-state index in [4.69, 9.17) is 14.9 Å². The van der Waals surface area contributed by atoms with Crippen LogP contribution in [-0.4, -0.2) is 41.5 Å². The summed E-state index contributed by atoms with van der Waals surface area (Å²) in [6.45, 7) is 0.905. The molecule has 0 aromatic heterocycles. The van der Waals surface area contributed by atoms with Gasteiger partial charge in [0, 0.05) is 19.7 Å². The average molecular weight is 384 g/mol. The monoisotopic (exact) mass is 384 g/mol. The SMILES string of the molecule is O=C(O)C(CCO)NCc1ccc2c(c1)N(C(=O)OCc1ccccc1)CC2. The lowest BCUT2D eigenvalue weighted by Crippen LogP contribution is -2.37. The van der Waals surface area contributed by atoms with Crippen molar-refractivity contribution in [2.75, 3.05) is 18.1 Å². The quantitative estimate of drug-likeness (QED) is 0.646. The summed E-state index contributed by atoms with van der Waals surface area (Å²) in [6.07, 6.45) is 0.501. The number of carbonyl (C=O) groups excluding carboxylic acids is 1. The van der Waals surface area contributed by atoms with E-state index in [0.717, 1.165) is 28.8 Å². The van der Waals surface area contributed by atoms with Crippen molar-refractivity contribution in [3.8, 4) is 0 Å². The molecule has 0 saturated carbocycles. The maximum atomic E-state index is 12.5. The van der Waals surface area contributed by atoms with Crippen LogP contribution in [0.2, 0.25) is 0 Å². The van der Waals surface area contributed by atoms with Crippen molar-refractivity contribution in [3.63, 3.8) is 0 Å². The standard InChI is InChI=1S/C21H24N2O5/c24-11-9-18(20(25)26)22-13-16-6-7-17-8-10-23(19(17)12-16)21(27)28-14-15-4-2-1-3-5-15/h1-7,12,18,22,24H,8-11,13-14H2,(H,25,26). The van der Waals surface area contributed by atoms with E-state index in [1.54, 1.807) is 4.90 Å². The molecule has 7 nitrogen and oxygen atoms in total. The van der Waals surface area contributed by atoms with Gasteiger partial charge in [0.1, 0.15) is 12.6 Å². The second-order valence-corrected chi connectivity index (χ2v) is 6.69. The van der Waals surface area contributed by atoms with Crippen LogP contribution in [0.25, 0.3) is 0 Å². The predicted octanol–water partition coefficient (Wildman–Crippen LogP) is 2.31. The molecule has 1 amide bonds. The van der Waals surface area contributed by atoms with Gasteiger partial charge in [-0.15, -0.1) is 0 Å². The van der Waals surface area contributed by atoms with E-state index >= 15 is 0 Å². The highest BCUT2D eigenvalue weighted by Gasteiger charge is 2.26. The van der Waals surface area contributed by atoms with Crippen LogP contribution in [0, 0.1) is 0 Å². The summed E-state index contributed by atoms with van der Waals surface area (Å²) < 4.78 is 5.44. The van der Waals surface area contributed by atoms with Crippen LogP contribution in [0.5, 0.6) is 0 Å². The van der Waals surface area contributed by atoms with Crippen molar-refractivity contribution in [2.24, 2.45) is 0 Å². The van der Waals surface area contributed by atoms with E-state index < -0.39 is 18.1 Å². The van der Waals surface area contributed by atoms with Gasteiger partial charge in [-0.2, -0.15) is 0 Å². The Hall–Kier alpha value is -2.90. The Kier molecular flexibility index (Phi) is 6.62. The first kappa shape index (κ1) is 19.9. The van der Waals surface area contributed by atoms with Gasteiger partial charge in [0.25, 0.3) is 0 Å². The number of carboxylic acid groups (broad SMARTS) is 1. The van der Waals surface area contributed by atoms with E-state index in [9.17, 15) is 9.59 Å². The molecule has 1 unspecified atom stereocenters. The van der Waals surface area contributed by atoms with E-state index in [-0.39, 0.29) is 19.6 Å². The maximum Gasteiger partial charge on any atom is 0.414 e. The smallest absolute Gasteiger partial charge is 0.414 e. The average Bonchev–Trinajstić information content (AvgIpc) is 3.13. The predicted molar refractivity (Wildman–Crippen MR) is 104 cm³/mol. The first-order valence-corrected chi connectivity index (χ1v) is 9.25. The molecule has 2 aromatic carbocycles. The molecule has 1 aliphatic rings. The lowest BCUT2D eigenvalue weighted by atomic mass is 10.1. The van der Waals surface area contributed by atoms with Gasteiger partial charge >= 0.3 is 12.1 Å². The summed E-state index contributed by atoms with van der Waals surface area (Å²) in [5.74, 6) is -0.999. The van der Waals surface area contributed by atoms with Crippen LogP contribution >= 0.6 is 0 Å². The summed E-state index contributed by atoms with van der Waals surface area (Å²) in [5, 5.41) is 21.1. The normalized spacial score (nSPS) is 13.8. The number of rotatable bonds is 8. The molecule has 0 saturated heterocycles.